The van der Waals surface area contributed by atoms with Gasteiger partial charge in [0.1, 0.15) is 0 Å². The number of urea groups is 1. The molecule has 14 heavy (non-hydrogen) atoms. The summed E-state index contributed by atoms with van der Waals surface area (Å²) in [6.07, 6.45) is -1.67. The minimum absolute atomic E-state index is 0.0585. The number of nitrogens with one attached hydrogen (secondary N) is 1. The van der Waals surface area contributed by atoms with E-state index in [-0.39, 0.29) is 19.6 Å². The molecule has 1 saturated heterocycles. The van der Waals surface area contributed by atoms with Crippen molar-refractivity contribution < 1.29 is 19.8 Å². The lowest BCUT2D eigenvalue weighted by molar-refractivity contribution is -0.120. The highest BCUT2D eigenvalue weighted by Gasteiger charge is 2.30. The molecule has 0 aromatic heterocycles. The Labute approximate surface area is 80.5 Å². The minimum Gasteiger partial charge on any atom is -0.389 e. The Morgan fingerprint density at radius 3 is 2.29 bits per heavy atom. The van der Waals surface area contributed by atoms with Gasteiger partial charge >= 0.3 is 6.03 Å². The van der Waals surface area contributed by atoms with Crippen molar-refractivity contribution in [2.75, 3.05) is 19.6 Å². The van der Waals surface area contributed by atoms with Crippen molar-refractivity contribution in [3.05, 3.63) is 0 Å². The Morgan fingerprint density at radius 2 is 1.86 bits per heavy atom. The number of primary amides is 1. The van der Waals surface area contributed by atoms with Gasteiger partial charge in [-0.15, -0.1) is 0 Å². The number of rotatable bonds is 2. The topological polar surface area (TPSA) is 116 Å². The Balaban J connectivity index is 2.32. The van der Waals surface area contributed by atoms with Gasteiger partial charge in [0.2, 0.25) is 5.91 Å². The van der Waals surface area contributed by atoms with Crippen LogP contribution in [0.4, 0.5) is 4.79 Å². The van der Waals surface area contributed by atoms with Gasteiger partial charge in [-0.05, 0) is 0 Å². The van der Waals surface area contributed by atoms with E-state index in [2.05, 4.69) is 0 Å². The summed E-state index contributed by atoms with van der Waals surface area (Å²) in [6, 6.07) is -0.907. The lowest BCUT2D eigenvalue weighted by atomic mass is 10.3. The molecule has 1 fully saturated rings. The zero-order valence-corrected chi connectivity index (χ0v) is 7.51. The fourth-order valence-electron chi connectivity index (χ4n) is 1.36. The maximum atomic E-state index is 11.0. The number of carbonyl (C=O) groups is 2. The number of β-amino-alcohol motifs (C(OH)–C–C–N with tert-alkyl or cyclic N) is 2. The summed E-state index contributed by atoms with van der Waals surface area (Å²) < 4.78 is 0. The van der Waals surface area contributed by atoms with E-state index in [1.807, 2.05) is 5.32 Å². The maximum absolute atomic E-state index is 11.0. The number of carbonyl (C=O) groups excluding carboxylic acids is 2. The van der Waals surface area contributed by atoms with Gasteiger partial charge < -0.3 is 15.9 Å². The third-order valence-electron chi connectivity index (χ3n) is 1.96. The van der Waals surface area contributed by atoms with Gasteiger partial charge in [0.05, 0.1) is 18.8 Å². The fourth-order valence-corrected chi connectivity index (χ4v) is 1.36. The van der Waals surface area contributed by atoms with E-state index in [1.54, 1.807) is 0 Å². The molecule has 7 heteroatoms. The number of aliphatic hydroxyl groups excluding tert-OH is 2. The van der Waals surface area contributed by atoms with Crippen molar-refractivity contribution in [3.8, 4) is 0 Å². The molecule has 0 unspecified atom stereocenters. The van der Waals surface area contributed by atoms with Gasteiger partial charge in [-0.25, -0.2) is 4.79 Å². The second-order valence-electron chi connectivity index (χ2n) is 3.24. The number of hydrogen-bond acceptors (Lipinski definition) is 5. The van der Waals surface area contributed by atoms with E-state index in [0.717, 1.165) is 0 Å². The van der Waals surface area contributed by atoms with E-state index < -0.39 is 24.1 Å². The summed E-state index contributed by atoms with van der Waals surface area (Å²) in [5, 5.41) is 20.2. The molecule has 0 radical (unpaired) electrons. The van der Waals surface area contributed by atoms with E-state index in [0.29, 0.717) is 0 Å². The molecule has 0 aromatic rings. The molecule has 0 bridgehead atoms. The molecule has 3 amide bonds. The normalized spacial score (nSPS) is 27.6. The number of nitrogens with zero attached hydrogens (tertiary/aromatic N) is 1. The van der Waals surface area contributed by atoms with Crippen LogP contribution in [0.5, 0.6) is 0 Å². The molecule has 0 aromatic carbocycles. The van der Waals surface area contributed by atoms with E-state index >= 15 is 0 Å². The van der Waals surface area contributed by atoms with E-state index in [4.69, 9.17) is 15.9 Å². The van der Waals surface area contributed by atoms with Crippen LogP contribution in [-0.2, 0) is 4.79 Å². The Kier molecular flexibility index (Phi) is 3.39. The van der Waals surface area contributed by atoms with Gasteiger partial charge in [-0.2, -0.15) is 0 Å². The van der Waals surface area contributed by atoms with Gasteiger partial charge in [0, 0.05) is 13.1 Å². The van der Waals surface area contributed by atoms with Crippen LogP contribution >= 0.6 is 0 Å². The summed E-state index contributed by atoms with van der Waals surface area (Å²) in [7, 11) is 0. The molecular formula is C7H13N3O4. The largest absolute Gasteiger partial charge is 0.389 e. The Hall–Kier alpha value is -1.18. The van der Waals surface area contributed by atoms with Crippen LogP contribution in [0.25, 0.3) is 0 Å². The maximum Gasteiger partial charge on any atom is 0.318 e. The SMILES string of the molecule is NC(=O)NC(=O)CN1C[C@@H](O)[C@@H](O)C1. The second kappa shape index (κ2) is 4.36. The first-order valence-electron chi connectivity index (χ1n) is 4.17. The van der Waals surface area contributed by atoms with Crippen LogP contribution < -0.4 is 11.1 Å². The Morgan fingerprint density at radius 1 is 1.36 bits per heavy atom. The molecule has 1 rings (SSSR count). The van der Waals surface area contributed by atoms with Crippen LogP contribution in [0.3, 0.4) is 0 Å². The molecule has 7 nitrogen and oxygen atoms in total. The highest BCUT2D eigenvalue weighted by atomic mass is 16.3. The first kappa shape index (κ1) is 10.9. The zero-order chi connectivity index (χ0) is 10.7. The highest BCUT2D eigenvalue weighted by Crippen LogP contribution is 2.08. The molecule has 5 N–H and O–H groups in total. The predicted molar refractivity (Wildman–Crippen MR) is 46.2 cm³/mol. The summed E-state index contributed by atoms with van der Waals surface area (Å²) in [5.41, 5.74) is 4.73. The highest BCUT2D eigenvalue weighted by molar-refractivity contribution is 5.94. The molecule has 1 heterocycles. The molecule has 0 aliphatic carbocycles. The number of aliphatic hydroxyl groups is 2. The van der Waals surface area contributed by atoms with Crippen LogP contribution in [-0.4, -0.2) is 58.9 Å². The van der Waals surface area contributed by atoms with Gasteiger partial charge in [-0.1, -0.05) is 0 Å². The monoisotopic (exact) mass is 203 g/mol. The summed E-state index contributed by atoms with van der Waals surface area (Å²) >= 11 is 0. The van der Waals surface area contributed by atoms with E-state index in [1.165, 1.54) is 4.90 Å². The summed E-state index contributed by atoms with van der Waals surface area (Å²) in [4.78, 5) is 22.8. The third-order valence-corrected chi connectivity index (χ3v) is 1.96. The first-order valence-corrected chi connectivity index (χ1v) is 4.17. The van der Waals surface area contributed by atoms with Gasteiger partial charge in [0.15, 0.2) is 0 Å². The van der Waals surface area contributed by atoms with Crippen molar-refractivity contribution in [3.63, 3.8) is 0 Å². The number of amides is 3. The minimum atomic E-state index is -0.907. The zero-order valence-electron chi connectivity index (χ0n) is 7.51. The third kappa shape index (κ3) is 2.95. The second-order valence-corrected chi connectivity index (χ2v) is 3.24. The van der Waals surface area contributed by atoms with Crippen molar-refractivity contribution >= 4 is 11.9 Å². The van der Waals surface area contributed by atoms with Crippen LogP contribution in [0.1, 0.15) is 0 Å². The number of hydrogen-bond donors (Lipinski definition) is 4. The van der Waals surface area contributed by atoms with Crippen LogP contribution in [0.2, 0.25) is 0 Å². The van der Waals surface area contributed by atoms with Gasteiger partial charge in [0.25, 0.3) is 0 Å². The van der Waals surface area contributed by atoms with E-state index in [9.17, 15) is 9.59 Å². The molecule has 1 aliphatic heterocycles. The summed E-state index contributed by atoms with van der Waals surface area (Å²) in [5.74, 6) is -0.543. The molecule has 2 atom stereocenters. The molecule has 0 spiro atoms. The molecular weight excluding hydrogens is 190 g/mol. The molecule has 0 saturated carbocycles. The number of likely N-dealkylation sites (tertiary alicyclic amines) is 1. The number of nitrogens with two attached hydrogens (primary N) is 1. The first-order chi connectivity index (χ1) is 6.49. The lowest BCUT2D eigenvalue weighted by Gasteiger charge is -2.12. The fraction of sp³-hybridized carbons (Fsp3) is 0.714. The molecule has 1 aliphatic rings. The van der Waals surface area contributed by atoms with Crippen LogP contribution in [0, 0.1) is 0 Å². The predicted octanol–water partition coefficient (Wildman–Crippen LogP) is -2.78. The average molecular weight is 203 g/mol. The van der Waals surface area contributed by atoms with Gasteiger partial charge in [-0.3, -0.25) is 15.0 Å². The lowest BCUT2D eigenvalue weighted by Crippen LogP contribution is -2.42. The average Bonchev–Trinajstić information content (AvgIpc) is 2.28. The van der Waals surface area contributed by atoms with Crippen molar-refractivity contribution in [1.82, 2.24) is 10.2 Å². The standard InChI is InChI=1S/C7H13N3O4/c8-7(14)9-6(13)3-10-1-4(11)5(12)2-10/h4-5,11-12H,1-3H2,(H3,8,9,13,14)/t4-,5+. The van der Waals surface area contributed by atoms with Crippen molar-refractivity contribution in [1.29, 1.82) is 0 Å². The number of imide groups is 1. The van der Waals surface area contributed by atoms with Crippen molar-refractivity contribution in [2.24, 2.45) is 5.73 Å². The van der Waals surface area contributed by atoms with Crippen molar-refractivity contribution in [2.45, 2.75) is 12.2 Å². The smallest absolute Gasteiger partial charge is 0.318 e. The quantitative estimate of drug-likeness (QED) is 0.387. The molecule has 80 valence electrons. The van der Waals surface area contributed by atoms with Crippen LogP contribution in [0.15, 0.2) is 0 Å². The summed E-state index contributed by atoms with van der Waals surface area (Å²) in [6.45, 7) is 0.373. The Bertz CT molecular complexity index is 235.